The molecule has 158 valence electrons. The molecule has 0 aliphatic heterocycles. The molecule has 0 radical (unpaired) electrons. The summed E-state index contributed by atoms with van der Waals surface area (Å²) in [4.78, 5) is 4.09. The summed E-state index contributed by atoms with van der Waals surface area (Å²) < 4.78 is 2.19. The van der Waals surface area contributed by atoms with Crippen molar-refractivity contribution in [3.8, 4) is 0 Å². The lowest BCUT2D eigenvalue weighted by Gasteiger charge is -2.04. The van der Waals surface area contributed by atoms with Crippen LogP contribution in [-0.4, -0.2) is 9.55 Å². The van der Waals surface area contributed by atoms with Crippen molar-refractivity contribution in [3.05, 3.63) is 18.7 Å². The average Bonchev–Trinajstić information content (AvgIpc) is 3.20. The van der Waals surface area contributed by atoms with Crippen LogP contribution >= 0.6 is 0 Å². The van der Waals surface area contributed by atoms with Crippen LogP contribution in [0.5, 0.6) is 0 Å². The first kappa shape index (κ1) is 24.2. The van der Waals surface area contributed by atoms with Crippen LogP contribution in [0.1, 0.15) is 135 Å². The summed E-state index contributed by atoms with van der Waals surface area (Å²) in [7, 11) is 0. The Labute approximate surface area is 170 Å². The highest BCUT2D eigenvalue weighted by Crippen LogP contribution is 2.14. The molecule has 2 nitrogen and oxygen atoms in total. The molecule has 1 aromatic rings. The van der Waals surface area contributed by atoms with Crippen molar-refractivity contribution in [2.75, 3.05) is 0 Å². The maximum absolute atomic E-state index is 4.09. The van der Waals surface area contributed by atoms with Gasteiger partial charge in [0, 0.05) is 18.9 Å². The lowest BCUT2D eigenvalue weighted by atomic mass is 10.0. The zero-order valence-corrected chi connectivity index (χ0v) is 18.5. The van der Waals surface area contributed by atoms with Crippen molar-refractivity contribution >= 4 is 0 Å². The molecule has 0 N–H and O–H groups in total. The summed E-state index contributed by atoms with van der Waals surface area (Å²) >= 11 is 0. The molecule has 0 aliphatic rings. The van der Waals surface area contributed by atoms with E-state index in [-0.39, 0.29) is 0 Å². The van der Waals surface area contributed by atoms with Crippen LogP contribution in [-0.2, 0) is 6.54 Å². The van der Waals surface area contributed by atoms with Crippen molar-refractivity contribution in [2.24, 2.45) is 0 Å². The number of aromatic nitrogens is 2. The lowest BCUT2D eigenvalue weighted by molar-refractivity contribution is 0.516. The van der Waals surface area contributed by atoms with Crippen LogP contribution in [0.15, 0.2) is 18.7 Å². The van der Waals surface area contributed by atoms with Crippen molar-refractivity contribution in [1.82, 2.24) is 9.55 Å². The number of hydrogen-bond acceptors (Lipinski definition) is 1. The van der Waals surface area contributed by atoms with Crippen LogP contribution in [0.2, 0.25) is 0 Å². The fraction of sp³-hybridized carbons (Fsp3) is 0.880. The van der Waals surface area contributed by atoms with E-state index in [4.69, 9.17) is 0 Å². The summed E-state index contributed by atoms with van der Waals surface area (Å²) in [6, 6.07) is 0. The summed E-state index contributed by atoms with van der Waals surface area (Å²) in [6.07, 6.45) is 34.8. The summed E-state index contributed by atoms with van der Waals surface area (Å²) in [5, 5.41) is 0. The third kappa shape index (κ3) is 17.1. The first-order chi connectivity index (χ1) is 13.4. The molecule has 2 heteroatoms. The predicted molar refractivity (Wildman–Crippen MR) is 120 cm³/mol. The maximum Gasteiger partial charge on any atom is 0.0945 e. The molecule has 1 aromatic heterocycles. The molecule has 0 bridgehead atoms. The minimum atomic E-state index is 1.14. The first-order valence-corrected chi connectivity index (χ1v) is 12.4. The van der Waals surface area contributed by atoms with Crippen LogP contribution in [0, 0.1) is 0 Å². The Hall–Kier alpha value is -0.790. The number of nitrogens with zero attached hydrogens (tertiary/aromatic N) is 2. The third-order valence-corrected chi connectivity index (χ3v) is 5.83. The number of aryl methyl sites for hydroxylation is 1. The van der Waals surface area contributed by atoms with Gasteiger partial charge in [-0.3, -0.25) is 0 Å². The molecule has 0 saturated heterocycles. The first-order valence-electron chi connectivity index (χ1n) is 12.4. The van der Waals surface area contributed by atoms with Gasteiger partial charge >= 0.3 is 0 Å². The highest BCUT2D eigenvalue weighted by atomic mass is 15.0. The molecular formula is C25H48N2. The van der Waals surface area contributed by atoms with E-state index in [1.165, 1.54) is 128 Å². The van der Waals surface area contributed by atoms with Gasteiger partial charge in [0.1, 0.15) is 0 Å². The number of unbranched alkanes of at least 4 members (excludes halogenated alkanes) is 19. The monoisotopic (exact) mass is 376 g/mol. The second-order valence-electron chi connectivity index (χ2n) is 8.52. The van der Waals surface area contributed by atoms with Crippen molar-refractivity contribution < 1.29 is 0 Å². The van der Waals surface area contributed by atoms with Crippen LogP contribution < -0.4 is 0 Å². The second-order valence-corrected chi connectivity index (χ2v) is 8.52. The Balaban J connectivity index is 1.64. The van der Waals surface area contributed by atoms with Gasteiger partial charge in [0.25, 0.3) is 0 Å². The molecule has 1 rings (SSSR count). The van der Waals surface area contributed by atoms with Crippen LogP contribution in [0.25, 0.3) is 0 Å². The standard InChI is InChI=1S/C25H48N2/c1-2-3-4-5-6-7-8-9-10-11-12-13-14-15-16-17-18-19-20-21-23-27-24-22-26-25-27/h22,24-25H,2-21,23H2,1H3. The zero-order valence-electron chi connectivity index (χ0n) is 18.5. The van der Waals surface area contributed by atoms with Gasteiger partial charge in [0.15, 0.2) is 0 Å². The van der Waals surface area contributed by atoms with Crippen molar-refractivity contribution in [1.29, 1.82) is 0 Å². The topological polar surface area (TPSA) is 17.8 Å². The van der Waals surface area contributed by atoms with Gasteiger partial charge in [-0.05, 0) is 6.42 Å². The van der Waals surface area contributed by atoms with E-state index in [0.29, 0.717) is 0 Å². The highest BCUT2D eigenvalue weighted by molar-refractivity contribution is 4.73. The van der Waals surface area contributed by atoms with Gasteiger partial charge in [-0.25, -0.2) is 4.98 Å². The largest absolute Gasteiger partial charge is 0.337 e. The van der Waals surface area contributed by atoms with Crippen molar-refractivity contribution in [2.45, 2.75) is 142 Å². The van der Waals surface area contributed by atoms with Crippen molar-refractivity contribution in [3.63, 3.8) is 0 Å². The van der Waals surface area contributed by atoms with Gasteiger partial charge in [0.05, 0.1) is 6.33 Å². The molecular weight excluding hydrogens is 328 g/mol. The molecule has 0 aromatic carbocycles. The van der Waals surface area contributed by atoms with Gasteiger partial charge in [-0.15, -0.1) is 0 Å². The molecule has 0 aliphatic carbocycles. The quantitative estimate of drug-likeness (QED) is 0.196. The minimum absolute atomic E-state index is 1.14. The van der Waals surface area contributed by atoms with Gasteiger partial charge < -0.3 is 4.57 Å². The van der Waals surface area contributed by atoms with Crippen LogP contribution in [0.3, 0.4) is 0 Å². The molecule has 0 spiro atoms. The van der Waals surface area contributed by atoms with Gasteiger partial charge in [-0.1, -0.05) is 129 Å². The average molecular weight is 377 g/mol. The van der Waals surface area contributed by atoms with Gasteiger partial charge in [-0.2, -0.15) is 0 Å². The summed E-state index contributed by atoms with van der Waals surface area (Å²) in [5.74, 6) is 0. The number of imidazole rings is 1. The fourth-order valence-electron chi connectivity index (χ4n) is 3.97. The Morgan fingerprint density at radius 2 is 0.889 bits per heavy atom. The second kappa shape index (κ2) is 20.0. The lowest BCUT2D eigenvalue weighted by Crippen LogP contribution is -1.93. The molecule has 0 amide bonds. The normalized spacial score (nSPS) is 11.3. The van der Waals surface area contributed by atoms with E-state index in [0.717, 1.165) is 6.54 Å². The Bertz CT molecular complexity index is 372. The molecule has 0 saturated carbocycles. The molecule has 27 heavy (non-hydrogen) atoms. The van der Waals surface area contributed by atoms with E-state index >= 15 is 0 Å². The smallest absolute Gasteiger partial charge is 0.0945 e. The number of hydrogen-bond donors (Lipinski definition) is 0. The zero-order chi connectivity index (χ0) is 19.3. The number of rotatable bonds is 21. The van der Waals surface area contributed by atoms with E-state index in [1.54, 1.807) is 0 Å². The molecule has 0 unspecified atom stereocenters. The van der Waals surface area contributed by atoms with E-state index in [2.05, 4.69) is 22.7 Å². The maximum atomic E-state index is 4.09. The predicted octanol–water partition coefficient (Wildman–Crippen LogP) is 8.71. The molecule has 1 heterocycles. The molecule has 0 fully saturated rings. The minimum Gasteiger partial charge on any atom is -0.337 e. The highest BCUT2D eigenvalue weighted by Gasteiger charge is 1.96. The molecule has 0 atom stereocenters. The SMILES string of the molecule is CCCCCCCCCCCCCCCCCCCCCCn1ccnc1. The van der Waals surface area contributed by atoms with E-state index in [9.17, 15) is 0 Å². The fourth-order valence-corrected chi connectivity index (χ4v) is 3.97. The summed E-state index contributed by atoms with van der Waals surface area (Å²) in [5.41, 5.74) is 0. The summed E-state index contributed by atoms with van der Waals surface area (Å²) in [6.45, 7) is 3.44. The van der Waals surface area contributed by atoms with Gasteiger partial charge in [0.2, 0.25) is 0 Å². The van der Waals surface area contributed by atoms with Crippen LogP contribution in [0.4, 0.5) is 0 Å². The third-order valence-electron chi connectivity index (χ3n) is 5.83. The van der Waals surface area contributed by atoms with E-state index < -0.39 is 0 Å². The van der Waals surface area contributed by atoms with E-state index in [1.807, 2.05) is 12.5 Å². The Kier molecular flexibility index (Phi) is 17.9. The Morgan fingerprint density at radius 1 is 0.519 bits per heavy atom. The Morgan fingerprint density at radius 3 is 1.22 bits per heavy atom.